The monoisotopic (exact) mass is 235 g/mol. The van der Waals surface area contributed by atoms with Crippen LogP contribution in [0.25, 0.3) is 0 Å². The van der Waals surface area contributed by atoms with Crippen LogP contribution in [0.1, 0.15) is 19.8 Å². The number of anilines is 1. The SMILES string of the molecule is CC1CC(N)CCN1c1cccc([N+](=O)[O-])c1. The van der Waals surface area contributed by atoms with Crippen LogP contribution in [0.15, 0.2) is 24.3 Å². The van der Waals surface area contributed by atoms with Crippen molar-refractivity contribution in [3.05, 3.63) is 34.4 Å². The number of nitro groups is 1. The van der Waals surface area contributed by atoms with Crippen molar-refractivity contribution in [2.45, 2.75) is 31.8 Å². The van der Waals surface area contributed by atoms with E-state index in [1.54, 1.807) is 12.1 Å². The van der Waals surface area contributed by atoms with E-state index in [2.05, 4.69) is 11.8 Å². The standard InChI is InChI=1S/C12H17N3O2/c1-9-7-10(13)5-6-14(9)11-3-2-4-12(8-11)15(16)17/h2-4,8-10H,5-7,13H2,1H3. The van der Waals surface area contributed by atoms with Gasteiger partial charge in [0.15, 0.2) is 0 Å². The van der Waals surface area contributed by atoms with Crippen LogP contribution in [0, 0.1) is 10.1 Å². The molecule has 1 saturated heterocycles. The Morgan fingerprint density at radius 1 is 1.53 bits per heavy atom. The van der Waals surface area contributed by atoms with E-state index in [4.69, 9.17) is 5.73 Å². The van der Waals surface area contributed by atoms with Gasteiger partial charge < -0.3 is 10.6 Å². The highest BCUT2D eigenvalue weighted by Crippen LogP contribution is 2.27. The van der Waals surface area contributed by atoms with Crippen molar-refractivity contribution >= 4 is 11.4 Å². The van der Waals surface area contributed by atoms with Crippen molar-refractivity contribution in [2.24, 2.45) is 5.73 Å². The summed E-state index contributed by atoms with van der Waals surface area (Å²) in [5.41, 5.74) is 6.97. The van der Waals surface area contributed by atoms with Gasteiger partial charge in [0, 0.05) is 36.4 Å². The van der Waals surface area contributed by atoms with E-state index in [1.807, 2.05) is 6.07 Å². The molecule has 2 unspecified atom stereocenters. The Morgan fingerprint density at radius 2 is 2.29 bits per heavy atom. The van der Waals surface area contributed by atoms with E-state index >= 15 is 0 Å². The molecule has 0 aromatic heterocycles. The van der Waals surface area contributed by atoms with Crippen LogP contribution in [0.3, 0.4) is 0 Å². The zero-order chi connectivity index (χ0) is 12.4. The van der Waals surface area contributed by atoms with Gasteiger partial charge in [-0.3, -0.25) is 10.1 Å². The fourth-order valence-corrected chi connectivity index (χ4v) is 2.38. The number of rotatable bonds is 2. The highest BCUT2D eigenvalue weighted by Gasteiger charge is 2.24. The molecule has 0 spiro atoms. The molecule has 1 aliphatic heterocycles. The number of nitro benzene ring substituents is 1. The molecule has 1 aliphatic rings. The fourth-order valence-electron chi connectivity index (χ4n) is 2.38. The molecule has 1 fully saturated rings. The smallest absolute Gasteiger partial charge is 0.271 e. The van der Waals surface area contributed by atoms with Gasteiger partial charge in [-0.1, -0.05) is 6.07 Å². The van der Waals surface area contributed by atoms with Crippen LogP contribution in [-0.2, 0) is 0 Å². The molecule has 5 heteroatoms. The van der Waals surface area contributed by atoms with Gasteiger partial charge in [0.25, 0.3) is 5.69 Å². The lowest BCUT2D eigenvalue weighted by molar-refractivity contribution is -0.384. The predicted octanol–water partition coefficient (Wildman–Crippen LogP) is 1.91. The minimum absolute atomic E-state index is 0.143. The third-order valence-corrected chi connectivity index (χ3v) is 3.29. The number of non-ortho nitro benzene ring substituents is 1. The van der Waals surface area contributed by atoms with Crippen molar-refractivity contribution in [3.8, 4) is 0 Å². The summed E-state index contributed by atoms with van der Waals surface area (Å²) in [4.78, 5) is 12.6. The molecule has 17 heavy (non-hydrogen) atoms. The summed E-state index contributed by atoms with van der Waals surface area (Å²) >= 11 is 0. The van der Waals surface area contributed by atoms with Crippen LogP contribution in [0.2, 0.25) is 0 Å². The van der Waals surface area contributed by atoms with E-state index in [-0.39, 0.29) is 16.7 Å². The first-order valence-electron chi connectivity index (χ1n) is 5.84. The summed E-state index contributed by atoms with van der Waals surface area (Å²) in [6.45, 7) is 2.97. The third-order valence-electron chi connectivity index (χ3n) is 3.29. The van der Waals surface area contributed by atoms with Crippen LogP contribution in [0.4, 0.5) is 11.4 Å². The largest absolute Gasteiger partial charge is 0.369 e. The summed E-state index contributed by atoms with van der Waals surface area (Å²) < 4.78 is 0. The van der Waals surface area contributed by atoms with E-state index in [0.29, 0.717) is 6.04 Å². The minimum atomic E-state index is -0.357. The maximum atomic E-state index is 10.7. The second kappa shape index (κ2) is 4.71. The molecule has 0 aliphatic carbocycles. The van der Waals surface area contributed by atoms with Gasteiger partial charge in [0.2, 0.25) is 0 Å². The number of piperidine rings is 1. The van der Waals surface area contributed by atoms with E-state index in [0.717, 1.165) is 25.1 Å². The highest BCUT2D eigenvalue weighted by molar-refractivity contribution is 5.54. The van der Waals surface area contributed by atoms with Gasteiger partial charge in [-0.05, 0) is 25.8 Å². The molecule has 0 saturated carbocycles. The maximum Gasteiger partial charge on any atom is 0.271 e. The zero-order valence-corrected chi connectivity index (χ0v) is 9.87. The van der Waals surface area contributed by atoms with Crippen LogP contribution >= 0.6 is 0 Å². The lowest BCUT2D eigenvalue weighted by Gasteiger charge is -2.38. The van der Waals surface area contributed by atoms with Crippen molar-refractivity contribution in [1.29, 1.82) is 0 Å². The number of nitrogens with two attached hydrogens (primary N) is 1. The molecule has 92 valence electrons. The summed E-state index contributed by atoms with van der Waals surface area (Å²) in [7, 11) is 0. The van der Waals surface area contributed by atoms with Crippen LogP contribution in [0.5, 0.6) is 0 Å². The number of hydrogen-bond donors (Lipinski definition) is 1. The fraction of sp³-hybridized carbons (Fsp3) is 0.500. The van der Waals surface area contributed by atoms with Gasteiger partial charge in [-0.15, -0.1) is 0 Å². The molecular weight excluding hydrogens is 218 g/mol. The van der Waals surface area contributed by atoms with Crippen molar-refractivity contribution in [2.75, 3.05) is 11.4 Å². The van der Waals surface area contributed by atoms with Gasteiger partial charge in [-0.2, -0.15) is 0 Å². The Hall–Kier alpha value is -1.62. The molecule has 0 bridgehead atoms. The number of hydrogen-bond acceptors (Lipinski definition) is 4. The molecule has 2 N–H and O–H groups in total. The summed E-state index contributed by atoms with van der Waals surface area (Å²) in [6, 6.07) is 7.38. The molecule has 0 radical (unpaired) electrons. The van der Waals surface area contributed by atoms with Gasteiger partial charge in [0.1, 0.15) is 0 Å². The Labute approximate surface area is 100 Å². The lowest BCUT2D eigenvalue weighted by Crippen LogP contribution is -2.45. The van der Waals surface area contributed by atoms with E-state index < -0.39 is 0 Å². The first kappa shape index (κ1) is 11.9. The topological polar surface area (TPSA) is 72.4 Å². The average Bonchev–Trinajstić information content (AvgIpc) is 2.29. The van der Waals surface area contributed by atoms with E-state index in [1.165, 1.54) is 6.07 Å². The lowest BCUT2D eigenvalue weighted by atomic mass is 9.98. The predicted molar refractivity (Wildman–Crippen MR) is 67.1 cm³/mol. The normalized spacial score (nSPS) is 24.7. The molecule has 1 aromatic carbocycles. The second-order valence-electron chi connectivity index (χ2n) is 4.60. The van der Waals surface area contributed by atoms with E-state index in [9.17, 15) is 10.1 Å². The maximum absolute atomic E-state index is 10.7. The van der Waals surface area contributed by atoms with Crippen LogP contribution < -0.4 is 10.6 Å². The Balaban J connectivity index is 2.22. The van der Waals surface area contributed by atoms with Gasteiger partial charge in [0.05, 0.1) is 4.92 Å². The Kier molecular flexibility index (Phi) is 3.28. The quantitative estimate of drug-likeness (QED) is 0.627. The highest BCUT2D eigenvalue weighted by atomic mass is 16.6. The van der Waals surface area contributed by atoms with Crippen molar-refractivity contribution in [3.63, 3.8) is 0 Å². The van der Waals surface area contributed by atoms with Crippen molar-refractivity contribution < 1.29 is 4.92 Å². The molecular formula is C12H17N3O2. The first-order chi connectivity index (χ1) is 8.08. The third kappa shape index (κ3) is 2.55. The van der Waals surface area contributed by atoms with Gasteiger partial charge >= 0.3 is 0 Å². The van der Waals surface area contributed by atoms with Gasteiger partial charge in [-0.25, -0.2) is 0 Å². The second-order valence-corrected chi connectivity index (χ2v) is 4.60. The molecule has 0 amide bonds. The summed E-state index contributed by atoms with van der Waals surface area (Å²) in [5.74, 6) is 0. The van der Waals surface area contributed by atoms with Crippen LogP contribution in [-0.4, -0.2) is 23.6 Å². The molecule has 1 aromatic rings. The summed E-state index contributed by atoms with van der Waals surface area (Å²) in [6.07, 6.45) is 1.87. The average molecular weight is 235 g/mol. The molecule has 2 atom stereocenters. The molecule has 5 nitrogen and oxygen atoms in total. The number of benzene rings is 1. The molecule has 2 rings (SSSR count). The first-order valence-corrected chi connectivity index (χ1v) is 5.84. The summed E-state index contributed by atoms with van der Waals surface area (Å²) in [5, 5.41) is 10.7. The Bertz CT molecular complexity index is 422. The Morgan fingerprint density at radius 3 is 2.94 bits per heavy atom. The zero-order valence-electron chi connectivity index (χ0n) is 9.87. The molecule has 1 heterocycles. The minimum Gasteiger partial charge on any atom is -0.369 e. The van der Waals surface area contributed by atoms with Crippen molar-refractivity contribution in [1.82, 2.24) is 0 Å². The number of nitrogens with zero attached hydrogens (tertiary/aromatic N) is 2.